The van der Waals surface area contributed by atoms with Gasteiger partial charge in [-0.3, -0.25) is 4.79 Å². The van der Waals surface area contributed by atoms with Gasteiger partial charge in [0.05, 0.1) is 0 Å². The first-order chi connectivity index (χ1) is 5.80. The lowest BCUT2D eigenvalue weighted by atomic mass is 9.90. The van der Waals surface area contributed by atoms with Gasteiger partial charge < -0.3 is 0 Å². The SMILES string of the molecule is CC.CC.CC1CCCCC1=O. The Kier molecular flexibility index (Phi) is 12.6. The zero-order chi connectivity index (χ0) is 9.98. The molecule has 1 unspecified atom stereocenters. The second-order valence-electron chi connectivity index (χ2n) is 2.61. The van der Waals surface area contributed by atoms with E-state index < -0.39 is 0 Å². The smallest absolute Gasteiger partial charge is 0.135 e. The number of hydrogen-bond acceptors (Lipinski definition) is 1. The first-order valence-corrected chi connectivity index (χ1v) is 5.33. The molecule has 1 fully saturated rings. The summed E-state index contributed by atoms with van der Waals surface area (Å²) in [6, 6.07) is 0. The van der Waals surface area contributed by atoms with Crippen LogP contribution in [0.3, 0.4) is 0 Å². The van der Waals surface area contributed by atoms with Crippen molar-refractivity contribution in [2.24, 2.45) is 5.92 Å². The maximum absolute atomic E-state index is 10.8. The predicted molar refractivity (Wildman–Crippen MR) is 55.3 cm³/mol. The van der Waals surface area contributed by atoms with Crippen molar-refractivity contribution < 1.29 is 4.79 Å². The van der Waals surface area contributed by atoms with Crippen LogP contribution < -0.4 is 0 Å². The summed E-state index contributed by atoms with van der Waals surface area (Å²) >= 11 is 0. The van der Waals surface area contributed by atoms with Gasteiger partial charge >= 0.3 is 0 Å². The Morgan fingerprint density at radius 3 is 1.83 bits per heavy atom. The minimum absolute atomic E-state index is 0.365. The minimum atomic E-state index is 0.365. The van der Waals surface area contributed by atoms with Gasteiger partial charge in [-0.15, -0.1) is 0 Å². The Bertz CT molecular complexity index is 97.2. The molecule has 0 radical (unpaired) electrons. The van der Waals surface area contributed by atoms with Crippen molar-refractivity contribution >= 4 is 5.78 Å². The topological polar surface area (TPSA) is 17.1 Å². The molecule has 1 atom stereocenters. The molecule has 0 heterocycles. The molecule has 1 saturated carbocycles. The number of hydrogen-bond donors (Lipinski definition) is 0. The molecule has 0 bridgehead atoms. The maximum Gasteiger partial charge on any atom is 0.135 e. The van der Waals surface area contributed by atoms with Crippen LogP contribution in [0.5, 0.6) is 0 Å². The molecule has 74 valence electrons. The van der Waals surface area contributed by atoms with Gasteiger partial charge in [-0.2, -0.15) is 0 Å². The zero-order valence-corrected chi connectivity index (χ0v) is 9.31. The molecule has 0 amide bonds. The van der Waals surface area contributed by atoms with Crippen molar-refractivity contribution in [1.82, 2.24) is 0 Å². The van der Waals surface area contributed by atoms with E-state index in [2.05, 4.69) is 0 Å². The van der Waals surface area contributed by atoms with Crippen LogP contribution in [0.4, 0.5) is 0 Å². The van der Waals surface area contributed by atoms with Crippen molar-refractivity contribution in [3.63, 3.8) is 0 Å². The lowest BCUT2D eigenvalue weighted by Crippen LogP contribution is -2.14. The highest BCUT2D eigenvalue weighted by Gasteiger charge is 2.16. The van der Waals surface area contributed by atoms with Crippen molar-refractivity contribution in [3.8, 4) is 0 Å². The third-order valence-electron chi connectivity index (χ3n) is 1.86. The van der Waals surface area contributed by atoms with Gasteiger partial charge in [0, 0.05) is 12.3 Å². The Morgan fingerprint density at radius 2 is 1.58 bits per heavy atom. The van der Waals surface area contributed by atoms with Crippen LogP contribution >= 0.6 is 0 Å². The molecule has 0 spiro atoms. The predicted octanol–water partition coefficient (Wildman–Crippen LogP) is 3.82. The van der Waals surface area contributed by atoms with E-state index in [1.54, 1.807) is 0 Å². The maximum atomic E-state index is 10.8. The number of carbonyl (C=O) groups is 1. The van der Waals surface area contributed by atoms with E-state index in [0.29, 0.717) is 11.7 Å². The van der Waals surface area contributed by atoms with Gasteiger partial charge in [-0.1, -0.05) is 41.0 Å². The Morgan fingerprint density at radius 1 is 1.08 bits per heavy atom. The number of ketones is 1. The van der Waals surface area contributed by atoms with E-state index in [1.807, 2.05) is 34.6 Å². The second kappa shape index (κ2) is 10.7. The standard InChI is InChI=1S/C7H12O.2C2H6/c1-6-4-2-3-5-7(6)8;2*1-2/h6H,2-5H2,1H3;2*1-2H3. The molecule has 0 aromatic rings. The van der Waals surface area contributed by atoms with E-state index in [-0.39, 0.29) is 0 Å². The average Bonchev–Trinajstić information content (AvgIpc) is 2.17. The van der Waals surface area contributed by atoms with Gasteiger partial charge in [0.15, 0.2) is 0 Å². The lowest BCUT2D eigenvalue weighted by molar-refractivity contribution is -0.123. The largest absolute Gasteiger partial charge is 0.299 e. The van der Waals surface area contributed by atoms with Crippen LogP contribution in [-0.4, -0.2) is 5.78 Å². The Labute approximate surface area is 77.6 Å². The summed E-state index contributed by atoms with van der Waals surface area (Å²) in [4.78, 5) is 10.8. The molecular weight excluding hydrogens is 148 g/mol. The van der Waals surface area contributed by atoms with Crippen LogP contribution in [0.2, 0.25) is 0 Å². The second-order valence-corrected chi connectivity index (χ2v) is 2.61. The summed E-state index contributed by atoms with van der Waals surface area (Å²) in [7, 11) is 0. The molecule has 12 heavy (non-hydrogen) atoms. The molecule has 0 aromatic heterocycles. The average molecular weight is 172 g/mol. The lowest BCUT2D eigenvalue weighted by Gasteiger charge is -2.14. The summed E-state index contributed by atoms with van der Waals surface area (Å²) < 4.78 is 0. The molecule has 0 N–H and O–H groups in total. The summed E-state index contributed by atoms with van der Waals surface area (Å²) in [6.45, 7) is 10.0. The van der Waals surface area contributed by atoms with E-state index in [0.717, 1.165) is 19.3 Å². The first-order valence-electron chi connectivity index (χ1n) is 5.33. The molecule has 1 heteroatoms. The molecule has 1 rings (SSSR count). The molecule has 0 saturated heterocycles. The highest BCUT2D eigenvalue weighted by molar-refractivity contribution is 5.81. The van der Waals surface area contributed by atoms with Crippen molar-refractivity contribution in [3.05, 3.63) is 0 Å². The fraction of sp³-hybridized carbons (Fsp3) is 0.909. The van der Waals surface area contributed by atoms with E-state index >= 15 is 0 Å². The van der Waals surface area contributed by atoms with Gasteiger partial charge in [-0.05, 0) is 12.8 Å². The highest BCUT2D eigenvalue weighted by Crippen LogP contribution is 2.18. The minimum Gasteiger partial charge on any atom is -0.299 e. The van der Waals surface area contributed by atoms with E-state index in [9.17, 15) is 4.79 Å². The molecular formula is C11H24O. The third-order valence-corrected chi connectivity index (χ3v) is 1.86. The van der Waals surface area contributed by atoms with Crippen molar-refractivity contribution in [2.75, 3.05) is 0 Å². The summed E-state index contributed by atoms with van der Waals surface area (Å²) in [6.07, 6.45) is 4.34. The monoisotopic (exact) mass is 172 g/mol. The summed E-state index contributed by atoms with van der Waals surface area (Å²) in [5, 5.41) is 0. The number of carbonyl (C=O) groups excluding carboxylic acids is 1. The normalized spacial score (nSPS) is 21.4. The van der Waals surface area contributed by atoms with Crippen LogP contribution in [-0.2, 0) is 4.79 Å². The number of Topliss-reactive ketones (excluding diaryl/α,β-unsaturated/α-hetero) is 1. The molecule has 0 aliphatic heterocycles. The van der Waals surface area contributed by atoms with Crippen LogP contribution in [0.25, 0.3) is 0 Å². The van der Waals surface area contributed by atoms with Crippen molar-refractivity contribution in [2.45, 2.75) is 60.3 Å². The zero-order valence-electron chi connectivity index (χ0n) is 9.31. The summed E-state index contributed by atoms with van der Waals surface area (Å²) in [5.74, 6) is 0.833. The molecule has 0 aromatic carbocycles. The van der Waals surface area contributed by atoms with Gasteiger partial charge in [0.1, 0.15) is 5.78 Å². The van der Waals surface area contributed by atoms with Gasteiger partial charge in [0.2, 0.25) is 0 Å². The van der Waals surface area contributed by atoms with Crippen molar-refractivity contribution in [1.29, 1.82) is 0 Å². The van der Waals surface area contributed by atoms with Gasteiger partial charge in [0.25, 0.3) is 0 Å². The molecule has 1 aliphatic carbocycles. The summed E-state index contributed by atoms with van der Waals surface area (Å²) in [5.41, 5.74) is 0. The van der Waals surface area contributed by atoms with E-state index in [4.69, 9.17) is 0 Å². The fourth-order valence-corrected chi connectivity index (χ4v) is 1.16. The fourth-order valence-electron chi connectivity index (χ4n) is 1.16. The number of rotatable bonds is 0. The first kappa shape index (κ1) is 14.2. The Balaban J connectivity index is 0. The van der Waals surface area contributed by atoms with Crippen LogP contribution in [0, 0.1) is 5.92 Å². The third kappa shape index (κ3) is 6.38. The Hall–Kier alpha value is -0.330. The molecule has 1 aliphatic rings. The highest BCUT2D eigenvalue weighted by atomic mass is 16.1. The quantitative estimate of drug-likeness (QED) is 0.543. The van der Waals surface area contributed by atoms with Crippen LogP contribution in [0.1, 0.15) is 60.3 Å². The van der Waals surface area contributed by atoms with E-state index in [1.165, 1.54) is 6.42 Å². The molecule has 1 nitrogen and oxygen atoms in total. The van der Waals surface area contributed by atoms with Crippen LogP contribution in [0.15, 0.2) is 0 Å². The van der Waals surface area contributed by atoms with Gasteiger partial charge in [-0.25, -0.2) is 0 Å².